The maximum atomic E-state index is 13.5. The van der Waals surface area contributed by atoms with Gasteiger partial charge in [-0.2, -0.15) is 26.3 Å². The van der Waals surface area contributed by atoms with E-state index in [0.29, 0.717) is 109 Å². The van der Waals surface area contributed by atoms with E-state index < -0.39 is 40.8 Å². The molecule has 0 unspecified atom stereocenters. The Kier molecular flexibility index (Phi) is 15.8. The first kappa shape index (κ1) is 51.3. The van der Waals surface area contributed by atoms with E-state index in [4.69, 9.17) is 28.8 Å². The number of alkyl halides is 6. The van der Waals surface area contributed by atoms with Gasteiger partial charge >= 0.3 is 24.3 Å². The number of piperazine rings is 1. The summed E-state index contributed by atoms with van der Waals surface area (Å²) in [5.41, 5.74) is 2.29. The summed E-state index contributed by atoms with van der Waals surface area (Å²) in [6.07, 6.45) is -9.10. The van der Waals surface area contributed by atoms with E-state index in [9.17, 15) is 45.8 Å². The first-order chi connectivity index (χ1) is 33.2. The first-order valence-electron chi connectivity index (χ1n) is 22.5. The Hall–Kier alpha value is -6.57. The number of rotatable bonds is 13. The third-order valence-electron chi connectivity index (χ3n) is 12.2. The number of halogens is 6. The van der Waals surface area contributed by atoms with E-state index >= 15 is 0 Å². The van der Waals surface area contributed by atoms with E-state index in [1.165, 1.54) is 24.3 Å². The molecule has 374 valence electrons. The van der Waals surface area contributed by atoms with Gasteiger partial charge in [0, 0.05) is 62.5 Å². The van der Waals surface area contributed by atoms with E-state index in [2.05, 4.69) is 9.80 Å². The first-order valence-corrected chi connectivity index (χ1v) is 22.5. The predicted molar refractivity (Wildman–Crippen MR) is 245 cm³/mol. The Morgan fingerprint density at radius 3 is 1.70 bits per heavy atom. The number of morpholine rings is 1. The molecule has 0 bridgehead atoms. The molecule has 8 rings (SSSR count). The van der Waals surface area contributed by atoms with Gasteiger partial charge in [-0.25, -0.2) is 0 Å². The number of carboxylic acid groups (broad SMARTS) is 2. The minimum atomic E-state index is -4.48. The second kappa shape index (κ2) is 21.6. The molecule has 70 heavy (non-hydrogen) atoms. The van der Waals surface area contributed by atoms with Crippen molar-refractivity contribution in [2.75, 3.05) is 92.5 Å². The highest BCUT2D eigenvalue weighted by Gasteiger charge is 2.35. The van der Waals surface area contributed by atoms with E-state index in [-0.39, 0.29) is 32.1 Å². The van der Waals surface area contributed by atoms with Crippen LogP contribution in [0.5, 0.6) is 23.0 Å². The molecule has 4 aromatic carbocycles. The molecular formula is C51H53F6N3O10. The van der Waals surface area contributed by atoms with Gasteiger partial charge in [-0.1, -0.05) is 24.3 Å². The van der Waals surface area contributed by atoms with Gasteiger partial charge in [0.25, 0.3) is 5.91 Å². The number of hydrogen-bond donors (Lipinski definition) is 2. The van der Waals surface area contributed by atoms with Crippen LogP contribution in [0.25, 0.3) is 11.1 Å². The Morgan fingerprint density at radius 2 is 1.17 bits per heavy atom. The number of likely N-dealkylation sites (N-methyl/N-ethyl adjacent to an activating group) is 1. The van der Waals surface area contributed by atoms with Gasteiger partial charge in [-0.05, 0) is 104 Å². The van der Waals surface area contributed by atoms with Crippen LogP contribution in [-0.2, 0) is 31.5 Å². The molecule has 0 aliphatic carbocycles. The molecule has 0 radical (unpaired) electrons. The number of benzene rings is 4. The molecule has 4 aromatic rings. The zero-order valence-electron chi connectivity index (χ0n) is 38.8. The van der Waals surface area contributed by atoms with Gasteiger partial charge < -0.3 is 43.7 Å². The molecule has 2 fully saturated rings. The predicted octanol–water partition coefficient (Wildman–Crippen LogP) is 8.25. The van der Waals surface area contributed by atoms with Crippen molar-refractivity contribution >= 4 is 29.0 Å². The second-order valence-corrected chi connectivity index (χ2v) is 17.8. The second-order valence-electron chi connectivity index (χ2n) is 17.8. The Bertz CT molecular complexity index is 2600. The number of fused-ring (bicyclic) bond motifs is 2. The number of carbonyl (C=O) groups excluding carboxylic acids is 1. The molecule has 0 spiro atoms. The van der Waals surface area contributed by atoms with Crippen molar-refractivity contribution in [3.8, 4) is 23.0 Å². The molecule has 2 saturated heterocycles. The van der Waals surface area contributed by atoms with Crippen LogP contribution < -0.4 is 18.9 Å². The minimum Gasteiger partial charge on any atom is -0.493 e. The summed E-state index contributed by atoms with van der Waals surface area (Å²) in [7, 11) is 1.97. The zero-order valence-corrected chi connectivity index (χ0v) is 38.8. The van der Waals surface area contributed by atoms with Gasteiger partial charge in [0.05, 0.1) is 48.4 Å². The van der Waals surface area contributed by atoms with E-state index in [0.717, 1.165) is 48.5 Å². The van der Waals surface area contributed by atoms with Crippen LogP contribution in [0.2, 0.25) is 0 Å². The molecule has 4 heterocycles. The van der Waals surface area contributed by atoms with Crippen molar-refractivity contribution in [2.24, 2.45) is 5.41 Å². The third kappa shape index (κ3) is 12.6. The summed E-state index contributed by atoms with van der Waals surface area (Å²) in [6.45, 7) is 9.19. The van der Waals surface area contributed by atoms with Crippen LogP contribution in [0.4, 0.5) is 26.3 Å². The van der Waals surface area contributed by atoms with Crippen molar-refractivity contribution in [1.29, 1.82) is 0 Å². The van der Waals surface area contributed by atoms with Gasteiger partial charge in [-0.3, -0.25) is 19.3 Å². The van der Waals surface area contributed by atoms with Gasteiger partial charge in [0.2, 0.25) is 0 Å². The smallest absolute Gasteiger partial charge is 0.416 e. The number of amides is 1. The number of aliphatic carboxylic acids is 2. The fourth-order valence-corrected chi connectivity index (χ4v) is 8.10. The molecule has 0 aromatic heterocycles. The van der Waals surface area contributed by atoms with Crippen molar-refractivity contribution < 1.29 is 74.6 Å². The molecule has 2 N–H and O–H groups in total. The normalized spacial score (nSPS) is 16.8. The molecule has 13 nitrogen and oxygen atoms in total. The third-order valence-corrected chi connectivity index (χ3v) is 12.2. The molecule has 1 amide bonds. The summed E-state index contributed by atoms with van der Waals surface area (Å²) in [4.78, 5) is 41.8. The van der Waals surface area contributed by atoms with Crippen molar-refractivity contribution in [3.05, 3.63) is 129 Å². The largest absolute Gasteiger partial charge is 0.493 e. The molecule has 0 atom stereocenters. The van der Waals surface area contributed by atoms with Gasteiger partial charge in [0.15, 0.2) is 0 Å². The highest BCUT2D eigenvalue weighted by molar-refractivity contribution is 6.06. The van der Waals surface area contributed by atoms with E-state index in [1.54, 1.807) is 55.1 Å². The zero-order chi connectivity index (χ0) is 50.4. The highest BCUT2D eigenvalue weighted by atomic mass is 19.4. The van der Waals surface area contributed by atoms with Crippen LogP contribution in [0.15, 0.2) is 96.1 Å². The molecule has 0 saturated carbocycles. The monoisotopic (exact) mass is 981 g/mol. The average molecular weight is 982 g/mol. The maximum Gasteiger partial charge on any atom is 0.416 e. The van der Waals surface area contributed by atoms with Crippen LogP contribution >= 0.6 is 0 Å². The summed E-state index contributed by atoms with van der Waals surface area (Å²) < 4.78 is 108. The lowest BCUT2D eigenvalue weighted by atomic mass is 9.89. The topological polar surface area (TPSA) is 148 Å². The van der Waals surface area contributed by atoms with Gasteiger partial charge in [0.1, 0.15) is 42.8 Å². The fraction of sp³-hybridized carbons (Fsp3) is 0.392. The molecular weight excluding hydrogens is 929 g/mol. The number of hydrogen-bond acceptors (Lipinski definition) is 10. The Labute approximate surface area is 400 Å². The Morgan fingerprint density at radius 1 is 0.657 bits per heavy atom. The Balaban J connectivity index is 0.000000206. The van der Waals surface area contributed by atoms with Crippen LogP contribution in [0, 0.1) is 5.41 Å². The summed E-state index contributed by atoms with van der Waals surface area (Å²) in [6, 6.07) is 19.9. The van der Waals surface area contributed by atoms with Crippen molar-refractivity contribution in [3.63, 3.8) is 0 Å². The molecule has 4 aliphatic rings. The number of carbonyl (C=O) groups is 3. The standard InChI is InChI=1S/C26H28F3NO5.C25H25F3N2O5/c1-25(2,24(31)32)16-35-20-7-8-22-21(13-20)23(17-3-5-19(6-4-17)26(27,28)29)18(15-34-22)14-30-9-11-33-12-10-30;1-29-9-11-30(12-10-29)24(33)20-15-35-21-7-6-18(34-13-8-22(31)32)14-19(21)23(20)16-2-4-17(5-3-16)25(26,27)28/h3-8,13H,9-12,14-16H2,1-2H3,(H,31,32);2-7,14H,8-13,15H2,1H3,(H,31,32). The summed E-state index contributed by atoms with van der Waals surface area (Å²) in [5, 5.41) is 18.2. The minimum absolute atomic E-state index is 0.0201. The SMILES string of the molecule is CC(C)(COc1ccc2c(c1)C(c1ccc(C(F)(F)F)cc1)=C(CN1CCOCC1)CO2)C(=O)O.CN1CCN(C(=O)C2=C(c3ccc(C(F)(F)F)cc3)c3cc(OCCC(=O)O)ccc3OC2)CC1. The summed E-state index contributed by atoms with van der Waals surface area (Å²) >= 11 is 0. The lowest BCUT2D eigenvalue weighted by Crippen LogP contribution is -2.48. The van der Waals surface area contributed by atoms with Crippen LogP contribution in [0.1, 0.15) is 53.6 Å². The van der Waals surface area contributed by atoms with Crippen LogP contribution in [-0.4, -0.2) is 135 Å². The lowest BCUT2D eigenvalue weighted by molar-refractivity contribution is -0.148. The quantitative estimate of drug-likeness (QED) is 0.124. The van der Waals surface area contributed by atoms with Crippen molar-refractivity contribution in [1.82, 2.24) is 14.7 Å². The highest BCUT2D eigenvalue weighted by Crippen LogP contribution is 2.43. The van der Waals surface area contributed by atoms with Crippen molar-refractivity contribution in [2.45, 2.75) is 32.6 Å². The molecule has 19 heteroatoms. The average Bonchev–Trinajstić information content (AvgIpc) is 3.33. The summed E-state index contributed by atoms with van der Waals surface area (Å²) in [5.74, 6) is -0.328. The number of carboxylic acids is 2. The fourth-order valence-electron chi connectivity index (χ4n) is 8.10. The molecule has 4 aliphatic heterocycles. The van der Waals surface area contributed by atoms with Crippen LogP contribution in [0.3, 0.4) is 0 Å². The number of ether oxygens (including phenoxy) is 5. The number of nitrogens with zero attached hydrogens (tertiary/aromatic N) is 3. The van der Waals surface area contributed by atoms with E-state index in [1.807, 2.05) is 7.05 Å². The lowest BCUT2D eigenvalue weighted by Gasteiger charge is -2.34. The maximum absolute atomic E-state index is 13.5. The van der Waals surface area contributed by atoms with Gasteiger partial charge in [-0.15, -0.1) is 0 Å².